The van der Waals surface area contributed by atoms with E-state index in [9.17, 15) is 20.3 Å². The summed E-state index contributed by atoms with van der Waals surface area (Å²) in [6, 6.07) is 9.52. The highest BCUT2D eigenvalue weighted by molar-refractivity contribution is 5.49. The Balaban J connectivity index is 2.08. The molecule has 0 fully saturated rings. The molecule has 0 aliphatic carbocycles. The van der Waals surface area contributed by atoms with Crippen molar-refractivity contribution in [3.05, 3.63) is 63.2 Å². The standard InChI is InChI=1S/C15H14N2O4/c18-13-7-9-4-5-16-15(12(9)8-14(13)19)10-2-1-3-11(6-10)17(20)21/h1-3,6-8,15-16,18-19H,4-5H2/p+1/t15-/m0/s1. The SMILES string of the molecule is O=[N+]([O-])c1cccc([C@@H]2[NH2+]CCc3cc(O)c(O)cc32)c1. The minimum atomic E-state index is -0.415. The monoisotopic (exact) mass is 287 g/mol. The maximum absolute atomic E-state index is 10.9. The molecule has 0 saturated heterocycles. The average molecular weight is 287 g/mol. The van der Waals surface area contributed by atoms with Gasteiger partial charge in [-0.2, -0.15) is 0 Å². The molecule has 4 N–H and O–H groups in total. The quantitative estimate of drug-likeness (QED) is 0.439. The van der Waals surface area contributed by atoms with Crippen molar-refractivity contribution in [1.29, 1.82) is 0 Å². The van der Waals surface area contributed by atoms with E-state index in [0.717, 1.165) is 29.7 Å². The molecule has 1 atom stereocenters. The summed E-state index contributed by atoms with van der Waals surface area (Å²) in [6.45, 7) is 0.824. The number of hydrogen-bond donors (Lipinski definition) is 3. The Bertz CT molecular complexity index is 715. The Morgan fingerprint density at radius 2 is 1.95 bits per heavy atom. The van der Waals surface area contributed by atoms with Crippen LogP contribution in [-0.4, -0.2) is 21.7 Å². The lowest BCUT2D eigenvalue weighted by atomic mass is 9.89. The summed E-state index contributed by atoms with van der Waals surface area (Å²) in [4.78, 5) is 10.5. The summed E-state index contributed by atoms with van der Waals surface area (Å²) < 4.78 is 0. The van der Waals surface area contributed by atoms with Crippen molar-refractivity contribution in [2.75, 3.05) is 6.54 Å². The number of fused-ring (bicyclic) bond motifs is 1. The lowest BCUT2D eigenvalue weighted by Gasteiger charge is -2.24. The van der Waals surface area contributed by atoms with E-state index in [1.54, 1.807) is 24.3 Å². The van der Waals surface area contributed by atoms with Gasteiger partial charge in [0.25, 0.3) is 5.69 Å². The smallest absolute Gasteiger partial charge is 0.269 e. The van der Waals surface area contributed by atoms with Gasteiger partial charge < -0.3 is 15.5 Å². The highest BCUT2D eigenvalue weighted by Crippen LogP contribution is 2.34. The number of nitro groups is 1. The van der Waals surface area contributed by atoms with Crippen LogP contribution in [0.2, 0.25) is 0 Å². The third-order valence-corrected chi connectivity index (χ3v) is 3.83. The number of phenolic OH excluding ortho intramolecular Hbond substituents is 2. The maximum atomic E-state index is 10.9. The fourth-order valence-corrected chi connectivity index (χ4v) is 2.82. The number of non-ortho nitro benzene ring substituents is 1. The van der Waals surface area contributed by atoms with Gasteiger partial charge >= 0.3 is 0 Å². The van der Waals surface area contributed by atoms with E-state index in [-0.39, 0.29) is 23.2 Å². The second-order valence-corrected chi connectivity index (χ2v) is 5.14. The molecule has 0 saturated carbocycles. The number of nitrogens with two attached hydrogens (primary N) is 1. The Morgan fingerprint density at radius 1 is 1.19 bits per heavy atom. The van der Waals surface area contributed by atoms with Crippen LogP contribution < -0.4 is 5.32 Å². The lowest BCUT2D eigenvalue weighted by Crippen LogP contribution is -2.87. The Kier molecular flexibility index (Phi) is 3.23. The largest absolute Gasteiger partial charge is 0.504 e. The normalized spacial score (nSPS) is 17.2. The third kappa shape index (κ3) is 2.41. The van der Waals surface area contributed by atoms with Crippen molar-refractivity contribution in [1.82, 2.24) is 0 Å². The topological polar surface area (TPSA) is 100 Å². The first-order valence-electron chi connectivity index (χ1n) is 6.68. The highest BCUT2D eigenvalue weighted by Gasteiger charge is 2.27. The summed E-state index contributed by atoms with van der Waals surface area (Å²) in [7, 11) is 0. The zero-order valence-corrected chi connectivity index (χ0v) is 11.2. The molecule has 6 nitrogen and oxygen atoms in total. The van der Waals surface area contributed by atoms with Gasteiger partial charge in [0.15, 0.2) is 11.5 Å². The van der Waals surface area contributed by atoms with Crippen LogP contribution in [0.1, 0.15) is 22.7 Å². The number of phenols is 2. The minimum Gasteiger partial charge on any atom is -0.504 e. The molecular weight excluding hydrogens is 272 g/mol. The van der Waals surface area contributed by atoms with Crippen molar-refractivity contribution >= 4 is 5.69 Å². The molecule has 2 aromatic rings. The van der Waals surface area contributed by atoms with Crippen LogP contribution in [0.4, 0.5) is 5.69 Å². The Morgan fingerprint density at radius 3 is 2.71 bits per heavy atom. The van der Waals surface area contributed by atoms with Crippen LogP contribution in [0.15, 0.2) is 36.4 Å². The van der Waals surface area contributed by atoms with Crippen LogP contribution in [-0.2, 0) is 6.42 Å². The van der Waals surface area contributed by atoms with E-state index in [2.05, 4.69) is 5.32 Å². The molecule has 0 spiro atoms. The van der Waals surface area contributed by atoms with Gasteiger partial charge in [-0.25, -0.2) is 0 Å². The van der Waals surface area contributed by atoms with E-state index in [0.29, 0.717) is 0 Å². The molecular formula is C15H15N2O4+. The van der Waals surface area contributed by atoms with Gasteiger partial charge in [0.05, 0.1) is 11.5 Å². The van der Waals surface area contributed by atoms with Crippen LogP contribution in [0, 0.1) is 10.1 Å². The van der Waals surface area contributed by atoms with Crippen LogP contribution in [0.3, 0.4) is 0 Å². The van der Waals surface area contributed by atoms with Crippen LogP contribution in [0.25, 0.3) is 0 Å². The first-order valence-corrected chi connectivity index (χ1v) is 6.68. The molecule has 0 aromatic heterocycles. The summed E-state index contributed by atoms with van der Waals surface area (Å²) in [5.41, 5.74) is 2.72. The van der Waals surface area contributed by atoms with Gasteiger partial charge in [-0.3, -0.25) is 10.1 Å². The second kappa shape index (κ2) is 5.06. The number of nitro benzene ring substituents is 1. The van der Waals surface area contributed by atoms with Crippen molar-refractivity contribution in [3.63, 3.8) is 0 Å². The number of benzene rings is 2. The second-order valence-electron chi connectivity index (χ2n) is 5.14. The molecule has 1 heterocycles. The molecule has 108 valence electrons. The van der Waals surface area contributed by atoms with Gasteiger partial charge in [0.2, 0.25) is 0 Å². The molecule has 6 heteroatoms. The molecule has 0 radical (unpaired) electrons. The number of rotatable bonds is 2. The van der Waals surface area contributed by atoms with Gasteiger partial charge in [-0.05, 0) is 17.7 Å². The predicted octanol–water partition coefficient (Wildman–Crippen LogP) is 1.21. The van der Waals surface area contributed by atoms with Crippen LogP contribution in [0.5, 0.6) is 11.5 Å². The number of nitrogens with zero attached hydrogens (tertiary/aromatic N) is 1. The average Bonchev–Trinajstić information content (AvgIpc) is 2.48. The zero-order valence-electron chi connectivity index (χ0n) is 11.2. The number of aromatic hydroxyl groups is 2. The van der Waals surface area contributed by atoms with E-state index in [1.807, 2.05) is 6.07 Å². The fraction of sp³-hybridized carbons (Fsp3) is 0.200. The van der Waals surface area contributed by atoms with E-state index in [4.69, 9.17) is 0 Å². The predicted molar refractivity (Wildman–Crippen MR) is 75.2 cm³/mol. The molecule has 0 unspecified atom stereocenters. The van der Waals surface area contributed by atoms with Gasteiger partial charge in [0.1, 0.15) is 6.04 Å². The van der Waals surface area contributed by atoms with Gasteiger partial charge in [-0.1, -0.05) is 12.1 Å². The Labute approximate surface area is 120 Å². The van der Waals surface area contributed by atoms with Crippen molar-refractivity contribution in [2.24, 2.45) is 0 Å². The molecule has 3 rings (SSSR count). The minimum absolute atomic E-state index is 0.0519. The van der Waals surface area contributed by atoms with E-state index >= 15 is 0 Å². The molecule has 2 aromatic carbocycles. The number of hydrogen-bond acceptors (Lipinski definition) is 4. The first-order chi connectivity index (χ1) is 10.1. The number of quaternary nitrogens is 1. The van der Waals surface area contributed by atoms with Crippen molar-refractivity contribution in [2.45, 2.75) is 12.5 Å². The summed E-state index contributed by atoms with van der Waals surface area (Å²) in [5, 5.41) is 32.3. The summed E-state index contributed by atoms with van der Waals surface area (Å²) in [6.07, 6.45) is 0.786. The molecule has 0 amide bonds. The Hall–Kier alpha value is -2.60. The molecule has 1 aliphatic heterocycles. The molecule has 1 aliphatic rings. The lowest BCUT2D eigenvalue weighted by molar-refractivity contribution is -0.690. The van der Waals surface area contributed by atoms with Crippen LogP contribution >= 0.6 is 0 Å². The highest BCUT2D eigenvalue weighted by atomic mass is 16.6. The molecule has 0 bridgehead atoms. The fourth-order valence-electron chi connectivity index (χ4n) is 2.82. The third-order valence-electron chi connectivity index (χ3n) is 3.83. The maximum Gasteiger partial charge on any atom is 0.269 e. The first kappa shape index (κ1) is 13.4. The molecule has 21 heavy (non-hydrogen) atoms. The van der Waals surface area contributed by atoms with Crippen molar-refractivity contribution in [3.8, 4) is 11.5 Å². The van der Waals surface area contributed by atoms with E-state index in [1.165, 1.54) is 6.07 Å². The summed E-state index contributed by atoms with van der Waals surface area (Å²) in [5.74, 6) is -0.298. The zero-order chi connectivity index (χ0) is 15.0. The van der Waals surface area contributed by atoms with Gasteiger partial charge in [0, 0.05) is 29.7 Å². The van der Waals surface area contributed by atoms with E-state index < -0.39 is 4.92 Å². The van der Waals surface area contributed by atoms with Crippen molar-refractivity contribution < 1.29 is 20.5 Å². The summed E-state index contributed by atoms with van der Waals surface area (Å²) >= 11 is 0. The van der Waals surface area contributed by atoms with Gasteiger partial charge in [-0.15, -0.1) is 0 Å².